The topological polar surface area (TPSA) is 118 Å². The zero-order chi connectivity index (χ0) is 22.8. The van der Waals surface area contributed by atoms with Crippen LogP contribution in [0.3, 0.4) is 0 Å². The lowest BCUT2D eigenvalue weighted by Crippen LogP contribution is -2.36. The van der Waals surface area contributed by atoms with Crippen molar-refractivity contribution < 1.29 is 19.3 Å². The van der Waals surface area contributed by atoms with Crippen LogP contribution in [-0.4, -0.2) is 56.8 Å². The van der Waals surface area contributed by atoms with Gasteiger partial charge in [0.2, 0.25) is 5.88 Å². The first kappa shape index (κ1) is 22.8. The summed E-state index contributed by atoms with van der Waals surface area (Å²) in [7, 11) is -0.350. The highest BCUT2D eigenvalue weighted by molar-refractivity contribution is 7.45. The second-order valence-electron chi connectivity index (χ2n) is 7.84. The number of ether oxygens (including phenoxy) is 1. The molecule has 0 aliphatic carbocycles. The Kier molecular flexibility index (Phi) is 6.85. The van der Waals surface area contributed by atoms with E-state index in [0.29, 0.717) is 52.5 Å². The van der Waals surface area contributed by atoms with Crippen LogP contribution in [-0.2, 0) is 0 Å². The highest BCUT2D eigenvalue weighted by Crippen LogP contribution is 2.33. The Bertz CT molecular complexity index is 1190. The van der Waals surface area contributed by atoms with Crippen molar-refractivity contribution >= 4 is 42.2 Å². The van der Waals surface area contributed by atoms with Gasteiger partial charge in [-0.2, -0.15) is 14.8 Å². The van der Waals surface area contributed by atoms with Gasteiger partial charge in [0.05, 0.1) is 23.6 Å². The third-order valence-corrected chi connectivity index (χ3v) is 7.38. The van der Waals surface area contributed by atoms with Crippen molar-refractivity contribution in [1.29, 1.82) is 0 Å². The smallest absolute Gasteiger partial charge is 0.291 e. The fraction of sp³-hybridized carbons (Fsp3) is 0.429. The summed E-state index contributed by atoms with van der Waals surface area (Å²) >= 11 is 1.32. The van der Waals surface area contributed by atoms with Crippen LogP contribution in [0.25, 0.3) is 10.8 Å². The maximum Gasteiger partial charge on any atom is 0.291 e. The Balaban J connectivity index is 1.70. The molecule has 3 aromatic heterocycles. The molecule has 2 N–H and O–H groups in total. The van der Waals surface area contributed by atoms with Gasteiger partial charge in [-0.05, 0) is 44.2 Å². The van der Waals surface area contributed by atoms with Crippen molar-refractivity contribution in [1.82, 2.24) is 14.8 Å². The molecule has 9 nitrogen and oxygen atoms in total. The second-order valence-corrected chi connectivity index (χ2v) is 10.3. The first-order valence-electron chi connectivity index (χ1n) is 10.4. The maximum atomic E-state index is 13.4. The molecule has 0 saturated carbocycles. The molecule has 32 heavy (non-hydrogen) atoms. The number of carbonyl (C=O) groups is 1. The molecular formula is C21H25N4O5PS. The Morgan fingerprint density at radius 3 is 2.69 bits per heavy atom. The lowest BCUT2D eigenvalue weighted by Gasteiger charge is -2.33. The largest absolute Gasteiger partial charge is 0.481 e. The molecule has 0 amide bonds. The quantitative estimate of drug-likeness (QED) is 0.522. The molecule has 1 fully saturated rings. The highest BCUT2D eigenvalue weighted by atomic mass is 32.1. The fourth-order valence-electron chi connectivity index (χ4n) is 3.99. The first-order valence-corrected chi connectivity index (χ1v) is 12.6. The van der Waals surface area contributed by atoms with Crippen molar-refractivity contribution in [2.45, 2.75) is 26.2 Å². The lowest BCUT2D eigenvalue weighted by molar-refractivity contribution is 0.0944. The summed E-state index contributed by atoms with van der Waals surface area (Å²) in [5.74, 6) is 0.801. The first-order chi connectivity index (χ1) is 15.4. The number of pyridine rings is 1. The Labute approximate surface area is 190 Å². The summed E-state index contributed by atoms with van der Waals surface area (Å²) in [4.78, 5) is 52.7. The van der Waals surface area contributed by atoms with Crippen LogP contribution in [0.4, 0.5) is 5.82 Å². The summed E-state index contributed by atoms with van der Waals surface area (Å²) in [6, 6.07) is 5.18. The Morgan fingerprint density at radius 2 is 2.06 bits per heavy atom. The summed E-state index contributed by atoms with van der Waals surface area (Å²) < 4.78 is 6.24. The Morgan fingerprint density at radius 1 is 1.31 bits per heavy atom. The predicted molar refractivity (Wildman–Crippen MR) is 125 cm³/mol. The molecule has 0 radical (unpaired) electrons. The number of aryl methyl sites for hydroxylation is 1. The van der Waals surface area contributed by atoms with Crippen LogP contribution in [0.5, 0.6) is 5.88 Å². The molecule has 4 heterocycles. The normalized spacial score (nSPS) is 15.0. The third-order valence-electron chi connectivity index (χ3n) is 5.73. The molecule has 0 spiro atoms. The number of hydrogen-bond acceptors (Lipinski definition) is 9. The standard InChI is InChI=1S/C21H25N4O5PS/c1-13-3-4-16(32-13)20(26)25-21(27)18-15(12-22-25)11-17(30-2)23-19(18)24-8-5-14(6-9-24)7-10-31(28)29/h3-4,11-12,14,28-29H,5-10H2,1-2H3. The van der Waals surface area contributed by atoms with Gasteiger partial charge < -0.3 is 19.4 Å². The van der Waals surface area contributed by atoms with Crippen LogP contribution in [0.2, 0.25) is 0 Å². The van der Waals surface area contributed by atoms with Crippen LogP contribution < -0.4 is 15.2 Å². The minimum absolute atomic E-state index is 0.343. The van der Waals surface area contributed by atoms with E-state index in [9.17, 15) is 19.4 Å². The maximum absolute atomic E-state index is 13.4. The summed E-state index contributed by atoms with van der Waals surface area (Å²) in [6.07, 6.45) is 4.40. The zero-order valence-electron chi connectivity index (χ0n) is 17.9. The van der Waals surface area contributed by atoms with E-state index >= 15 is 0 Å². The van der Waals surface area contributed by atoms with Gasteiger partial charge in [0, 0.05) is 35.6 Å². The zero-order valence-corrected chi connectivity index (χ0v) is 19.6. The van der Waals surface area contributed by atoms with Gasteiger partial charge in [-0.15, -0.1) is 11.3 Å². The molecule has 0 unspecified atom stereocenters. The van der Waals surface area contributed by atoms with Gasteiger partial charge in [-0.3, -0.25) is 9.59 Å². The van der Waals surface area contributed by atoms with Crippen LogP contribution >= 0.6 is 19.7 Å². The fourth-order valence-corrected chi connectivity index (χ4v) is 5.38. The average Bonchev–Trinajstić information content (AvgIpc) is 3.23. The summed E-state index contributed by atoms with van der Waals surface area (Å²) in [5.41, 5.74) is -0.503. The number of anilines is 1. The molecule has 1 saturated heterocycles. The van der Waals surface area contributed by atoms with E-state index in [-0.39, 0.29) is 0 Å². The molecule has 4 rings (SSSR count). The average molecular weight is 476 g/mol. The van der Waals surface area contributed by atoms with Gasteiger partial charge in [0.25, 0.3) is 11.5 Å². The number of methoxy groups -OCH3 is 1. The summed E-state index contributed by atoms with van der Waals surface area (Å²) in [5, 5.41) is 5.03. The van der Waals surface area contributed by atoms with Crippen molar-refractivity contribution in [3.05, 3.63) is 44.5 Å². The van der Waals surface area contributed by atoms with E-state index in [1.165, 1.54) is 24.6 Å². The number of carbonyl (C=O) groups excluding carboxylic acids is 1. The third kappa shape index (κ3) is 4.68. The molecule has 1 aliphatic heterocycles. The van der Waals surface area contributed by atoms with E-state index in [1.54, 1.807) is 12.1 Å². The van der Waals surface area contributed by atoms with E-state index < -0.39 is 19.8 Å². The number of nitrogens with zero attached hydrogens (tertiary/aromatic N) is 4. The lowest BCUT2D eigenvalue weighted by atomic mass is 9.94. The van der Waals surface area contributed by atoms with E-state index in [4.69, 9.17) is 4.74 Å². The van der Waals surface area contributed by atoms with E-state index in [0.717, 1.165) is 28.8 Å². The number of aromatic nitrogens is 3. The van der Waals surface area contributed by atoms with Crippen molar-refractivity contribution in [2.24, 2.45) is 5.92 Å². The van der Waals surface area contributed by atoms with Gasteiger partial charge in [0.15, 0.2) is 8.38 Å². The molecule has 0 aromatic carbocycles. The Hall–Kier alpha value is -2.39. The summed E-state index contributed by atoms with van der Waals surface area (Å²) in [6.45, 7) is 3.25. The van der Waals surface area contributed by atoms with Crippen LogP contribution in [0.15, 0.2) is 29.2 Å². The molecule has 170 valence electrons. The number of rotatable bonds is 6. The number of hydrogen-bond donors (Lipinski definition) is 2. The number of fused-ring (bicyclic) bond motifs is 1. The monoisotopic (exact) mass is 476 g/mol. The predicted octanol–water partition coefficient (Wildman–Crippen LogP) is 2.76. The van der Waals surface area contributed by atoms with E-state index in [1.807, 2.05) is 17.9 Å². The molecule has 1 aliphatic rings. The minimum Gasteiger partial charge on any atom is -0.481 e. The van der Waals surface area contributed by atoms with Crippen LogP contribution in [0.1, 0.15) is 33.8 Å². The van der Waals surface area contributed by atoms with Gasteiger partial charge >= 0.3 is 0 Å². The number of piperidine rings is 1. The van der Waals surface area contributed by atoms with Gasteiger partial charge in [-0.1, -0.05) is 0 Å². The highest BCUT2D eigenvalue weighted by Gasteiger charge is 2.25. The van der Waals surface area contributed by atoms with Crippen molar-refractivity contribution in [3.63, 3.8) is 0 Å². The van der Waals surface area contributed by atoms with Crippen molar-refractivity contribution in [2.75, 3.05) is 31.3 Å². The molecule has 11 heteroatoms. The second kappa shape index (κ2) is 9.62. The van der Waals surface area contributed by atoms with Gasteiger partial charge in [0.1, 0.15) is 5.82 Å². The molecular weight excluding hydrogens is 451 g/mol. The van der Waals surface area contributed by atoms with E-state index in [2.05, 4.69) is 10.1 Å². The molecule has 3 aromatic rings. The minimum atomic E-state index is -1.87. The van der Waals surface area contributed by atoms with Gasteiger partial charge in [-0.25, -0.2) is 0 Å². The SMILES string of the molecule is COc1cc2cnn(C(=O)c3ccc(C)s3)c(=O)c2c(N2CCC(CCP(O)O)CC2)n1. The van der Waals surface area contributed by atoms with Crippen molar-refractivity contribution in [3.8, 4) is 5.88 Å². The molecule has 0 atom stereocenters. The van der Waals surface area contributed by atoms with Crippen LogP contribution in [0, 0.1) is 12.8 Å². The molecule has 0 bridgehead atoms. The number of thiophene rings is 1.